The van der Waals surface area contributed by atoms with E-state index >= 15 is 0 Å². The summed E-state index contributed by atoms with van der Waals surface area (Å²) in [6.45, 7) is 4.64. The van der Waals surface area contributed by atoms with E-state index in [1.807, 2.05) is 68.4 Å². The summed E-state index contributed by atoms with van der Waals surface area (Å²) in [5.74, 6) is 0.0345. The van der Waals surface area contributed by atoms with Crippen LogP contribution in [0, 0.1) is 6.92 Å². The van der Waals surface area contributed by atoms with Gasteiger partial charge in [0.05, 0.1) is 6.54 Å². The molecular formula is C21H22N2O2. The van der Waals surface area contributed by atoms with Crippen LogP contribution in [0.5, 0.6) is 0 Å². The number of hydrogen-bond acceptors (Lipinski definition) is 2. The van der Waals surface area contributed by atoms with Gasteiger partial charge in [-0.15, -0.1) is 0 Å². The van der Waals surface area contributed by atoms with E-state index in [1.165, 1.54) is 0 Å². The molecule has 0 aliphatic carbocycles. The Kier molecular flexibility index (Phi) is 4.98. The topological polar surface area (TPSA) is 53.2 Å². The van der Waals surface area contributed by atoms with Gasteiger partial charge >= 0.3 is 0 Å². The number of fused-ring (bicyclic) bond motifs is 1. The van der Waals surface area contributed by atoms with Crippen LogP contribution in [0.15, 0.2) is 59.4 Å². The average Bonchev–Trinajstić information content (AvgIpc) is 2.62. The average molecular weight is 334 g/mol. The zero-order valence-corrected chi connectivity index (χ0v) is 14.6. The second-order valence-corrected chi connectivity index (χ2v) is 6.30. The minimum atomic E-state index is -0.139. The van der Waals surface area contributed by atoms with Crippen molar-refractivity contribution >= 4 is 16.8 Å². The van der Waals surface area contributed by atoms with Crippen molar-refractivity contribution in [2.24, 2.45) is 0 Å². The number of amides is 1. The first-order chi connectivity index (χ1) is 12.1. The quantitative estimate of drug-likeness (QED) is 0.772. The monoisotopic (exact) mass is 334 g/mol. The number of carbonyl (C=O) groups excluding carboxylic acids is 1. The molecule has 0 spiro atoms. The van der Waals surface area contributed by atoms with Gasteiger partial charge in [0.15, 0.2) is 0 Å². The molecular weight excluding hydrogens is 312 g/mol. The molecule has 0 saturated carbocycles. The third-order valence-electron chi connectivity index (χ3n) is 4.31. The fourth-order valence-electron chi connectivity index (χ4n) is 2.94. The van der Waals surface area contributed by atoms with Gasteiger partial charge in [0, 0.05) is 24.0 Å². The molecule has 0 radical (unpaired) electrons. The van der Waals surface area contributed by atoms with Crippen LogP contribution in [0.25, 0.3) is 10.9 Å². The van der Waals surface area contributed by atoms with E-state index in [1.54, 1.807) is 4.90 Å². The van der Waals surface area contributed by atoms with E-state index in [2.05, 4.69) is 4.98 Å². The van der Waals surface area contributed by atoms with Crippen molar-refractivity contribution in [3.05, 3.63) is 81.6 Å². The minimum Gasteiger partial charge on any atom is -0.334 e. The van der Waals surface area contributed by atoms with Crippen LogP contribution in [0.2, 0.25) is 0 Å². The molecule has 3 aromatic rings. The first kappa shape index (κ1) is 17.0. The molecule has 0 fully saturated rings. The van der Waals surface area contributed by atoms with Gasteiger partial charge in [-0.05, 0) is 35.6 Å². The van der Waals surface area contributed by atoms with Gasteiger partial charge in [-0.1, -0.05) is 49.4 Å². The highest BCUT2D eigenvalue weighted by molar-refractivity contribution is 5.80. The SMILES string of the molecule is CCC(=O)N(Cc1ccccc1)Cc1cc2ccc(C)cc2[nH]c1=O. The van der Waals surface area contributed by atoms with Gasteiger partial charge in [-0.25, -0.2) is 0 Å². The zero-order valence-electron chi connectivity index (χ0n) is 14.6. The molecule has 1 heterocycles. The Hall–Kier alpha value is -2.88. The molecule has 0 aliphatic rings. The molecule has 1 aromatic heterocycles. The minimum absolute atomic E-state index is 0.0345. The first-order valence-electron chi connectivity index (χ1n) is 8.51. The highest BCUT2D eigenvalue weighted by Gasteiger charge is 2.15. The highest BCUT2D eigenvalue weighted by atomic mass is 16.2. The summed E-state index contributed by atoms with van der Waals surface area (Å²) >= 11 is 0. The fourth-order valence-corrected chi connectivity index (χ4v) is 2.94. The molecule has 0 saturated heterocycles. The number of hydrogen-bond donors (Lipinski definition) is 1. The second-order valence-electron chi connectivity index (χ2n) is 6.30. The number of nitrogens with one attached hydrogen (secondary N) is 1. The number of rotatable bonds is 5. The van der Waals surface area contributed by atoms with Crippen molar-refractivity contribution in [3.63, 3.8) is 0 Å². The Balaban J connectivity index is 1.92. The maximum absolute atomic E-state index is 12.4. The van der Waals surface area contributed by atoms with E-state index in [-0.39, 0.29) is 11.5 Å². The van der Waals surface area contributed by atoms with Crippen LogP contribution in [-0.4, -0.2) is 15.8 Å². The van der Waals surface area contributed by atoms with Gasteiger partial charge < -0.3 is 9.88 Å². The lowest BCUT2D eigenvalue weighted by Gasteiger charge is -2.22. The molecule has 1 amide bonds. The highest BCUT2D eigenvalue weighted by Crippen LogP contribution is 2.15. The maximum atomic E-state index is 12.4. The van der Waals surface area contributed by atoms with Crippen molar-refractivity contribution in [3.8, 4) is 0 Å². The van der Waals surface area contributed by atoms with Gasteiger partial charge in [0.2, 0.25) is 5.91 Å². The number of nitrogens with zero attached hydrogens (tertiary/aromatic N) is 1. The van der Waals surface area contributed by atoms with Crippen LogP contribution in [0.4, 0.5) is 0 Å². The Bertz CT molecular complexity index is 945. The molecule has 0 bridgehead atoms. The van der Waals surface area contributed by atoms with Crippen molar-refractivity contribution in [1.82, 2.24) is 9.88 Å². The molecule has 4 heteroatoms. The summed E-state index contributed by atoms with van der Waals surface area (Å²) in [4.78, 5) is 29.5. The second kappa shape index (κ2) is 7.34. The molecule has 3 rings (SSSR count). The lowest BCUT2D eigenvalue weighted by molar-refractivity contribution is -0.132. The summed E-state index contributed by atoms with van der Waals surface area (Å²) in [6.07, 6.45) is 0.414. The zero-order chi connectivity index (χ0) is 17.8. The van der Waals surface area contributed by atoms with E-state index in [9.17, 15) is 9.59 Å². The smallest absolute Gasteiger partial charge is 0.253 e. The van der Waals surface area contributed by atoms with Gasteiger partial charge in [0.25, 0.3) is 5.56 Å². The van der Waals surface area contributed by atoms with Gasteiger partial charge in [-0.3, -0.25) is 9.59 Å². The Morgan fingerprint density at radius 2 is 1.80 bits per heavy atom. The van der Waals surface area contributed by atoms with Crippen molar-refractivity contribution in [2.75, 3.05) is 0 Å². The van der Waals surface area contributed by atoms with Crippen LogP contribution >= 0.6 is 0 Å². The lowest BCUT2D eigenvalue weighted by atomic mass is 10.1. The third kappa shape index (κ3) is 3.97. The molecule has 2 aromatic carbocycles. The summed E-state index contributed by atoms with van der Waals surface area (Å²) < 4.78 is 0. The van der Waals surface area contributed by atoms with Crippen LogP contribution in [0.1, 0.15) is 30.0 Å². The van der Waals surface area contributed by atoms with E-state index < -0.39 is 0 Å². The fraction of sp³-hybridized carbons (Fsp3) is 0.238. The third-order valence-corrected chi connectivity index (χ3v) is 4.31. The lowest BCUT2D eigenvalue weighted by Crippen LogP contribution is -2.31. The van der Waals surface area contributed by atoms with Crippen molar-refractivity contribution in [2.45, 2.75) is 33.4 Å². The van der Waals surface area contributed by atoms with E-state index in [4.69, 9.17) is 0 Å². The number of aryl methyl sites for hydroxylation is 1. The van der Waals surface area contributed by atoms with Gasteiger partial charge in [-0.2, -0.15) is 0 Å². The number of benzene rings is 2. The molecule has 4 nitrogen and oxygen atoms in total. The molecule has 128 valence electrons. The van der Waals surface area contributed by atoms with Crippen molar-refractivity contribution < 1.29 is 4.79 Å². The Labute approximate surface area is 147 Å². The maximum Gasteiger partial charge on any atom is 0.253 e. The molecule has 0 unspecified atom stereocenters. The molecule has 0 aliphatic heterocycles. The summed E-state index contributed by atoms with van der Waals surface area (Å²) in [7, 11) is 0. The number of H-pyrrole nitrogens is 1. The number of aromatic amines is 1. The van der Waals surface area contributed by atoms with E-state index in [0.717, 1.165) is 22.0 Å². The Morgan fingerprint density at radius 3 is 2.52 bits per heavy atom. The summed E-state index contributed by atoms with van der Waals surface area (Å²) in [5.41, 5.74) is 3.44. The predicted octanol–water partition coefficient (Wildman–Crippen LogP) is 3.78. The summed E-state index contributed by atoms with van der Waals surface area (Å²) in [5, 5.41) is 0.976. The normalized spacial score (nSPS) is 10.8. The molecule has 0 atom stereocenters. The van der Waals surface area contributed by atoms with Crippen LogP contribution in [-0.2, 0) is 17.9 Å². The van der Waals surface area contributed by atoms with E-state index in [0.29, 0.717) is 25.1 Å². The van der Waals surface area contributed by atoms with Crippen LogP contribution in [0.3, 0.4) is 0 Å². The number of aromatic nitrogens is 1. The first-order valence-corrected chi connectivity index (χ1v) is 8.51. The Morgan fingerprint density at radius 1 is 1.04 bits per heavy atom. The molecule has 25 heavy (non-hydrogen) atoms. The van der Waals surface area contributed by atoms with Crippen LogP contribution < -0.4 is 5.56 Å². The standard InChI is InChI=1S/C21H22N2O2/c1-3-20(24)23(13-16-7-5-4-6-8-16)14-18-12-17-10-9-15(2)11-19(17)22-21(18)25/h4-12H,3,13-14H2,1-2H3,(H,22,25). The van der Waals surface area contributed by atoms with Gasteiger partial charge in [0.1, 0.15) is 0 Å². The predicted molar refractivity (Wildman–Crippen MR) is 100 cm³/mol. The van der Waals surface area contributed by atoms with Crippen molar-refractivity contribution in [1.29, 1.82) is 0 Å². The number of pyridine rings is 1. The molecule has 1 N–H and O–H groups in total. The summed E-state index contributed by atoms with van der Waals surface area (Å²) in [6, 6.07) is 17.7. The number of carbonyl (C=O) groups is 1. The largest absolute Gasteiger partial charge is 0.334 e.